The van der Waals surface area contributed by atoms with E-state index >= 15 is 0 Å². The highest BCUT2D eigenvalue weighted by Crippen LogP contribution is 2.24. The molecular weight excluding hydrogens is 292 g/mol. The summed E-state index contributed by atoms with van der Waals surface area (Å²) in [5.41, 5.74) is 6.51. The van der Waals surface area contributed by atoms with E-state index in [1.54, 1.807) is 29.2 Å². The maximum Gasteiger partial charge on any atom is 0.268 e. The summed E-state index contributed by atoms with van der Waals surface area (Å²) in [6.07, 6.45) is 1.05. The van der Waals surface area contributed by atoms with E-state index in [-0.39, 0.29) is 5.91 Å². The lowest BCUT2D eigenvalue weighted by molar-refractivity contribution is -0.126. The number of rotatable bonds is 4. The van der Waals surface area contributed by atoms with E-state index in [1.807, 2.05) is 30.3 Å². The first-order valence-electron chi connectivity index (χ1n) is 7.58. The zero-order chi connectivity index (χ0) is 16.2. The summed E-state index contributed by atoms with van der Waals surface area (Å²) < 4.78 is 5.81. The summed E-state index contributed by atoms with van der Waals surface area (Å²) in [7, 11) is 0. The Labute approximate surface area is 134 Å². The smallest absolute Gasteiger partial charge is 0.268 e. The van der Waals surface area contributed by atoms with Crippen LogP contribution in [0.15, 0.2) is 54.6 Å². The highest BCUT2D eigenvalue weighted by molar-refractivity contribution is 5.97. The first-order valence-corrected chi connectivity index (χ1v) is 7.58. The van der Waals surface area contributed by atoms with Gasteiger partial charge in [0.1, 0.15) is 5.75 Å². The number of benzene rings is 2. The number of primary amides is 1. The number of carbonyl (C=O) groups excluding carboxylic acids is 2. The van der Waals surface area contributed by atoms with Gasteiger partial charge in [0.2, 0.25) is 5.91 Å². The van der Waals surface area contributed by atoms with Crippen molar-refractivity contribution >= 4 is 17.5 Å². The molecule has 2 aromatic rings. The maximum absolute atomic E-state index is 12.6. The molecule has 1 aliphatic heterocycles. The molecular formula is C18H18N2O3. The topological polar surface area (TPSA) is 72.6 Å². The first kappa shape index (κ1) is 15.1. The molecule has 2 amide bonds. The molecule has 118 valence electrons. The van der Waals surface area contributed by atoms with Gasteiger partial charge in [0, 0.05) is 17.8 Å². The molecule has 5 heteroatoms. The van der Waals surface area contributed by atoms with Crippen LogP contribution in [0.3, 0.4) is 0 Å². The molecule has 0 saturated carbocycles. The highest BCUT2D eigenvalue weighted by Gasteiger charge is 2.31. The van der Waals surface area contributed by atoms with E-state index in [1.165, 1.54) is 0 Å². The first-order chi connectivity index (χ1) is 11.1. The van der Waals surface area contributed by atoms with Gasteiger partial charge < -0.3 is 15.4 Å². The van der Waals surface area contributed by atoms with Crippen LogP contribution < -0.4 is 15.4 Å². The maximum atomic E-state index is 12.6. The Balaban J connectivity index is 1.72. The van der Waals surface area contributed by atoms with Gasteiger partial charge in [0.25, 0.3) is 5.91 Å². The van der Waals surface area contributed by atoms with Gasteiger partial charge in [-0.3, -0.25) is 9.59 Å². The van der Waals surface area contributed by atoms with Crippen LogP contribution in [0.2, 0.25) is 0 Å². The summed E-state index contributed by atoms with van der Waals surface area (Å²) in [5, 5.41) is 0. The van der Waals surface area contributed by atoms with Crippen LogP contribution in [-0.2, 0) is 4.79 Å². The van der Waals surface area contributed by atoms with E-state index in [2.05, 4.69) is 0 Å². The second-order valence-corrected chi connectivity index (χ2v) is 5.46. The molecule has 1 saturated heterocycles. The van der Waals surface area contributed by atoms with Crippen molar-refractivity contribution in [3.05, 3.63) is 60.2 Å². The molecule has 5 nitrogen and oxygen atoms in total. The van der Waals surface area contributed by atoms with Crippen LogP contribution in [0.1, 0.15) is 23.2 Å². The van der Waals surface area contributed by atoms with Crippen molar-refractivity contribution in [2.75, 3.05) is 11.4 Å². The van der Waals surface area contributed by atoms with Crippen molar-refractivity contribution < 1.29 is 14.3 Å². The quantitative estimate of drug-likeness (QED) is 0.942. The number of hydrogen-bond acceptors (Lipinski definition) is 3. The van der Waals surface area contributed by atoms with Gasteiger partial charge in [0.15, 0.2) is 6.10 Å². The summed E-state index contributed by atoms with van der Waals surface area (Å²) >= 11 is 0. The van der Waals surface area contributed by atoms with Gasteiger partial charge in [-0.1, -0.05) is 18.2 Å². The lowest BCUT2D eigenvalue weighted by Crippen LogP contribution is -2.46. The second-order valence-electron chi connectivity index (χ2n) is 5.46. The van der Waals surface area contributed by atoms with Crippen LogP contribution in [-0.4, -0.2) is 24.5 Å². The molecule has 0 bridgehead atoms. The number of anilines is 1. The molecule has 23 heavy (non-hydrogen) atoms. The van der Waals surface area contributed by atoms with Gasteiger partial charge in [0.05, 0.1) is 0 Å². The summed E-state index contributed by atoms with van der Waals surface area (Å²) in [5.74, 6) is 0.0326. The Morgan fingerprint density at radius 1 is 1.09 bits per heavy atom. The van der Waals surface area contributed by atoms with E-state index in [0.717, 1.165) is 12.1 Å². The van der Waals surface area contributed by atoms with E-state index < -0.39 is 12.0 Å². The van der Waals surface area contributed by atoms with Crippen molar-refractivity contribution in [3.63, 3.8) is 0 Å². The standard InChI is InChI=1S/C18H18N2O3/c19-17(21)13-8-10-15(11-9-13)23-16-7-4-12-20(18(16)22)14-5-2-1-3-6-14/h1-3,5-6,8-11,16H,4,7,12H2,(H2,19,21). The third-order valence-electron chi connectivity index (χ3n) is 3.87. The predicted molar refractivity (Wildman–Crippen MR) is 87.4 cm³/mol. The molecule has 1 unspecified atom stereocenters. The zero-order valence-corrected chi connectivity index (χ0v) is 12.6. The third kappa shape index (κ3) is 3.34. The van der Waals surface area contributed by atoms with Crippen molar-refractivity contribution in [3.8, 4) is 5.75 Å². The molecule has 0 spiro atoms. The molecule has 1 fully saturated rings. The fourth-order valence-corrected chi connectivity index (χ4v) is 2.68. The number of para-hydroxylation sites is 1. The van der Waals surface area contributed by atoms with E-state index in [9.17, 15) is 9.59 Å². The Bertz CT molecular complexity index is 698. The fraction of sp³-hybridized carbons (Fsp3) is 0.222. The molecule has 0 aromatic heterocycles. The number of nitrogens with two attached hydrogens (primary N) is 1. The molecule has 2 N–H and O–H groups in total. The lowest BCUT2D eigenvalue weighted by Gasteiger charge is -2.32. The zero-order valence-electron chi connectivity index (χ0n) is 12.6. The number of carbonyl (C=O) groups is 2. The number of hydrogen-bond donors (Lipinski definition) is 1. The lowest BCUT2D eigenvalue weighted by atomic mass is 10.1. The van der Waals surface area contributed by atoms with Crippen LogP contribution in [0.4, 0.5) is 5.69 Å². The van der Waals surface area contributed by atoms with Gasteiger partial charge in [-0.15, -0.1) is 0 Å². The summed E-state index contributed by atoms with van der Waals surface area (Å²) in [4.78, 5) is 25.5. The van der Waals surface area contributed by atoms with Crippen molar-refractivity contribution in [1.82, 2.24) is 0 Å². The normalized spacial score (nSPS) is 17.8. The molecule has 0 radical (unpaired) electrons. The Morgan fingerprint density at radius 2 is 1.78 bits per heavy atom. The molecule has 1 atom stereocenters. The van der Waals surface area contributed by atoms with E-state index in [0.29, 0.717) is 24.3 Å². The van der Waals surface area contributed by atoms with Crippen molar-refractivity contribution in [1.29, 1.82) is 0 Å². The SMILES string of the molecule is NC(=O)c1ccc(OC2CCCN(c3ccccc3)C2=O)cc1. The van der Waals surface area contributed by atoms with Gasteiger partial charge >= 0.3 is 0 Å². The number of ether oxygens (including phenoxy) is 1. The summed E-state index contributed by atoms with van der Waals surface area (Å²) in [6.45, 7) is 0.698. The van der Waals surface area contributed by atoms with Crippen molar-refractivity contribution in [2.24, 2.45) is 5.73 Å². The van der Waals surface area contributed by atoms with E-state index in [4.69, 9.17) is 10.5 Å². The Hall–Kier alpha value is -2.82. The number of amides is 2. The molecule has 1 aliphatic rings. The van der Waals surface area contributed by atoms with Crippen LogP contribution in [0.25, 0.3) is 0 Å². The third-order valence-corrected chi connectivity index (χ3v) is 3.87. The predicted octanol–water partition coefficient (Wildman–Crippen LogP) is 2.36. The molecule has 1 heterocycles. The largest absolute Gasteiger partial charge is 0.481 e. The van der Waals surface area contributed by atoms with Crippen molar-refractivity contribution in [2.45, 2.75) is 18.9 Å². The fourth-order valence-electron chi connectivity index (χ4n) is 2.68. The molecule has 0 aliphatic carbocycles. The minimum absolute atomic E-state index is 0.0403. The average molecular weight is 310 g/mol. The number of nitrogens with zero attached hydrogens (tertiary/aromatic N) is 1. The minimum Gasteiger partial charge on any atom is -0.481 e. The highest BCUT2D eigenvalue weighted by atomic mass is 16.5. The van der Waals surface area contributed by atoms with Gasteiger partial charge in [-0.2, -0.15) is 0 Å². The Morgan fingerprint density at radius 3 is 2.43 bits per heavy atom. The van der Waals surface area contributed by atoms with Gasteiger partial charge in [-0.05, 0) is 49.2 Å². The van der Waals surface area contributed by atoms with Gasteiger partial charge in [-0.25, -0.2) is 0 Å². The summed E-state index contributed by atoms with van der Waals surface area (Å²) in [6, 6.07) is 16.1. The minimum atomic E-state index is -0.511. The Kier molecular flexibility index (Phi) is 4.28. The average Bonchev–Trinajstić information content (AvgIpc) is 2.58. The molecule has 2 aromatic carbocycles. The van der Waals surface area contributed by atoms with Crippen LogP contribution in [0, 0.1) is 0 Å². The van der Waals surface area contributed by atoms with Crippen LogP contribution in [0.5, 0.6) is 5.75 Å². The number of piperidine rings is 1. The second kappa shape index (κ2) is 6.52. The monoisotopic (exact) mass is 310 g/mol. The van der Waals surface area contributed by atoms with Crippen LogP contribution >= 0.6 is 0 Å². The molecule has 3 rings (SSSR count).